The zero-order valence-electron chi connectivity index (χ0n) is 20.2. The second-order valence-electron chi connectivity index (χ2n) is 8.96. The van der Waals surface area contributed by atoms with Gasteiger partial charge in [-0.25, -0.2) is 4.79 Å². The van der Waals surface area contributed by atoms with Crippen LogP contribution in [0.3, 0.4) is 0 Å². The summed E-state index contributed by atoms with van der Waals surface area (Å²) in [6, 6.07) is 9.47. The summed E-state index contributed by atoms with van der Waals surface area (Å²) in [6.45, 7) is 3.30. The Morgan fingerprint density at radius 3 is 2.81 bits per heavy atom. The molecule has 4 heterocycles. The number of hydrogen-bond donors (Lipinski definition) is 1. The molecule has 182 valence electrons. The number of nitrogens with zero attached hydrogens (tertiary/aromatic N) is 7. The van der Waals surface area contributed by atoms with Crippen molar-refractivity contribution in [3.05, 3.63) is 62.4 Å². The van der Waals surface area contributed by atoms with Crippen LogP contribution in [0.2, 0.25) is 0 Å². The first kappa shape index (κ1) is 23.3. The van der Waals surface area contributed by atoms with Crippen LogP contribution >= 0.6 is 0 Å². The van der Waals surface area contributed by atoms with Crippen LogP contribution in [0.25, 0.3) is 22.1 Å². The molecule has 1 atom stereocenters. The van der Waals surface area contributed by atoms with Crippen LogP contribution in [-0.4, -0.2) is 42.8 Å². The molecule has 10 heteroatoms. The van der Waals surface area contributed by atoms with E-state index < -0.39 is 11.2 Å². The molecule has 3 aromatic heterocycles. The van der Waals surface area contributed by atoms with Gasteiger partial charge in [-0.15, -0.1) is 5.92 Å². The molecule has 1 aliphatic heterocycles. The number of aryl methyl sites for hydroxylation is 1. The van der Waals surface area contributed by atoms with Crippen molar-refractivity contribution in [3.63, 3.8) is 0 Å². The Balaban J connectivity index is 1.72. The lowest BCUT2D eigenvalue weighted by Gasteiger charge is -2.31. The van der Waals surface area contributed by atoms with E-state index >= 15 is 0 Å². The molecular formula is C26H26N8O2. The SMILES string of the molecule is CC#CCn1c(N2CCC[C@@H](N)C2)nc2c1c(=O)n(Cc1ccc3cccnc3c1C#N)c(=O)n2C. The summed E-state index contributed by atoms with van der Waals surface area (Å²) >= 11 is 0. The van der Waals surface area contributed by atoms with Crippen molar-refractivity contribution >= 4 is 28.0 Å². The van der Waals surface area contributed by atoms with Crippen LogP contribution in [-0.2, 0) is 20.1 Å². The Hall–Kier alpha value is -4.41. The highest BCUT2D eigenvalue weighted by atomic mass is 16.2. The molecule has 36 heavy (non-hydrogen) atoms. The zero-order valence-corrected chi connectivity index (χ0v) is 20.2. The number of rotatable bonds is 4. The van der Waals surface area contributed by atoms with Crippen molar-refractivity contribution in [2.45, 2.75) is 38.9 Å². The van der Waals surface area contributed by atoms with Gasteiger partial charge >= 0.3 is 5.69 Å². The molecule has 2 N–H and O–H groups in total. The maximum Gasteiger partial charge on any atom is 0.332 e. The van der Waals surface area contributed by atoms with Crippen LogP contribution in [0.5, 0.6) is 0 Å². The molecule has 4 aromatic rings. The van der Waals surface area contributed by atoms with Crippen molar-refractivity contribution in [2.24, 2.45) is 12.8 Å². The number of aromatic nitrogens is 5. The largest absolute Gasteiger partial charge is 0.341 e. The topological polar surface area (TPSA) is 128 Å². The zero-order chi connectivity index (χ0) is 25.4. The van der Waals surface area contributed by atoms with Gasteiger partial charge in [0.05, 0.1) is 24.2 Å². The Kier molecular flexibility index (Phi) is 6.05. The summed E-state index contributed by atoms with van der Waals surface area (Å²) in [5.74, 6) is 6.49. The van der Waals surface area contributed by atoms with Crippen LogP contribution in [0.4, 0.5) is 5.95 Å². The van der Waals surface area contributed by atoms with E-state index in [1.807, 2.05) is 12.1 Å². The van der Waals surface area contributed by atoms with E-state index in [0.29, 0.717) is 40.3 Å². The molecule has 0 radical (unpaired) electrons. The molecule has 0 aliphatic carbocycles. The van der Waals surface area contributed by atoms with Gasteiger partial charge in [-0.3, -0.25) is 23.5 Å². The van der Waals surface area contributed by atoms with Gasteiger partial charge in [0.15, 0.2) is 11.2 Å². The average molecular weight is 483 g/mol. The quantitative estimate of drug-likeness (QED) is 0.435. The normalized spacial score (nSPS) is 15.6. The fourth-order valence-corrected chi connectivity index (χ4v) is 4.85. The van der Waals surface area contributed by atoms with Gasteiger partial charge in [-0.05, 0) is 31.4 Å². The molecule has 1 fully saturated rings. The lowest BCUT2D eigenvalue weighted by atomic mass is 10.0. The van der Waals surface area contributed by atoms with Gasteiger partial charge in [-0.1, -0.05) is 24.1 Å². The fraction of sp³-hybridized carbons (Fsp3) is 0.346. The van der Waals surface area contributed by atoms with Crippen molar-refractivity contribution in [2.75, 3.05) is 18.0 Å². The molecule has 5 rings (SSSR count). The maximum absolute atomic E-state index is 13.8. The molecule has 0 unspecified atom stereocenters. The second kappa shape index (κ2) is 9.33. The minimum Gasteiger partial charge on any atom is -0.341 e. The van der Waals surface area contributed by atoms with Crippen LogP contribution in [0.1, 0.15) is 30.9 Å². The van der Waals surface area contributed by atoms with Crippen molar-refractivity contribution < 1.29 is 0 Å². The molecule has 0 bridgehead atoms. The van der Waals surface area contributed by atoms with Gasteiger partial charge < -0.3 is 10.6 Å². The fourth-order valence-electron chi connectivity index (χ4n) is 4.85. The van der Waals surface area contributed by atoms with Crippen LogP contribution in [0, 0.1) is 23.2 Å². The second-order valence-corrected chi connectivity index (χ2v) is 8.96. The van der Waals surface area contributed by atoms with E-state index in [9.17, 15) is 14.9 Å². The number of imidazole rings is 1. The van der Waals surface area contributed by atoms with E-state index in [1.54, 1.807) is 36.9 Å². The highest BCUT2D eigenvalue weighted by molar-refractivity contribution is 5.85. The first-order valence-electron chi connectivity index (χ1n) is 11.8. The van der Waals surface area contributed by atoms with Crippen LogP contribution < -0.4 is 21.9 Å². The number of nitriles is 1. The van der Waals surface area contributed by atoms with E-state index in [-0.39, 0.29) is 19.1 Å². The van der Waals surface area contributed by atoms with Gasteiger partial charge in [0.25, 0.3) is 5.56 Å². The smallest absolute Gasteiger partial charge is 0.332 e. The summed E-state index contributed by atoms with van der Waals surface area (Å²) in [5.41, 5.74) is 7.25. The van der Waals surface area contributed by atoms with Gasteiger partial charge in [-0.2, -0.15) is 10.2 Å². The summed E-state index contributed by atoms with van der Waals surface area (Å²) in [7, 11) is 1.60. The monoisotopic (exact) mass is 482 g/mol. The first-order chi connectivity index (χ1) is 17.4. The number of anilines is 1. The first-order valence-corrected chi connectivity index (χ1v) is 11.8. The Labute approximate surface area is 207 Å². The average Bonchev–Trinajstić information content (AvgIpc) is 3.28. The third-order valence-corrected chi connectivity index (χ3v) is 6.67. The van der Waals surface area contributed by atoms with E-state index in [1.165, 1.54) is 4.57 Å². The number of fused-ring (bicyclic) bond motifs is 2. The summed E-state index contributed by atoms with van der Waals surface area (Å²) in [4.78, 5) is 38.3. The minimum absolute atomic E-state index is 0.00987. The predicted molar refractivity (Wildman–Crippen MR) is 138 cm³/mol. The summed E-state index contributed by atoms with van der Waals surface area (Å²) < 4.78 is 4.30. The molecular weight excluding hydrogens is 456 g/mol. The lowest BCUT2D eigenvalue weighted by molar-refractivity contribution is 0.496. The number of piperidine rings is 1. The number of pyridine rings is 1. The van der Waals surface area contributed by atoms with E-state index in [0.717, 1.165) is 29.3 Å². The van der Waals surface area contributed by atoms with Crippen molar-refractivity contribution in [3.8, 4) is 17.9 Å². The predicted octanol–water partition coefficient (Wildman–Crippen LogP) is 1.32. The van der Waals surface area contributed by atoms with Crippen molar-refractivity contribution in [1.29, 1.82) is 5.26 Å². The highest BCUT2D eigenvalue weighted by Crippen LogP contribution is 2.24. The lowest BCUT2D eigenvalue weighted by Crippen LogP contribution is -2.44. The molecule has 1 aliphatic rings. The Morgan fingerprint density at radius 1 is 1.22 bits per heavy atom. The molecule has 10 nitrogen and oxygen atoms in total. The number of benzene rings is 1. The third kappa shape index (κ3) is 3.82. The molecule has 0 amide bonds. The maximum atomic E-state index is 13.8. The Bertz CT molecular complexity index is 1710. The van der Waals surface area contributed by atoms with Crippen LogP contribution in [0.15, 0.2) is 40.1 Å². The minimum atomic E-state index is -0.509. The van der Waals surface area contributed by atoms with E-state index in [4.69, 9.17) is 10.7 Å². The Morgan fingerprint density at radius 2 is 2.06 bits per heavy atom. The molecule has 0 spiro atoms. The van der Waals surface area contributed by atoms with Crippen molar-refractivity contribution in [1.82, 2.24) is 23.7 Å². The molecule has 0 saturated carbocycles. The number of nitrogens with two attached hydrogens (primary N) is 1. The van der Waals surface area contributed by atoms with Gasteiger partial charge in [0.1, 0.15) is 6.07 Å². The van der Waals surface area contributed by atoms with Gasteiger partial charge in [0.2, 0.25) is 5.95 Å². The molecule has 1 aromatic carbocycles. The third-order valence-electron chi connectivity index (χ3n) is 6.67. The highest BCUT2D eigenvalue weighted by Gasteiger charge is 2.26. The summed E-state index contributed by atoms with van der Waals surface area (Å²) in [5, 5.41) is 10.7. The number of hydrogen-bond acceptors (Lipinski definition) is 7. The van der Waals surface area contributed by atoms with Gasteiger partial charge in [0, 0.05) is 37.8 Å². The summed E-state index contributed by atoms with van der Waals surface area (Å²) in [6.07, 6.45) is 3.46. The standard InChI is InChI=1S/C26H26N8O2/c1-3-4-13-33-22-23(30-25(33)32-12-6-8-19(28)16-32)31(2)26(36)34(24(22)35)15-18-10-9-17-7-5-11-29-21(17)20(18)14-27/h5,7,9-11,19H,6,8,12-13,15-16,28H2,1-2H3/t19-/m1/s1. The molecule has 1 saturated heterocycles. The van der Waals surface area contributed by atoms with E-state index in [2.05, 4.69) is 27.8 Å².